The van der Waals surface area contributed by atoms with Gasteiger partial charge in [-0.2, -0.15) is 0 Å². The molecule has 6 aliphatic carbocycles. The van der Waals surface area contributed by atoms with Crippen LogP contribution < -0.4 is 0 Å². The van der Waals surface area contributed by atoms with Gasteiger partial charge in [-0.15, -0.1) is 0 Å². The average molecular weight is 1420 g/mol. The molecule has 17 heteroatoms. The van der Waals surface area contributed by atoms with Crippen LogP contribution in [0.3, 0.4) is 0 Å². The molecule has 0 aromatic heterocycles. The van der Waals surface area contributed by atoms with Crippen LogP contribution in [0, 0.1) is 35.5 Å². The first kappa shape index (κ1) is 75.1. The molecule has 4 heterocycles. The summed E-state index contributed by atoms with van der Waals surface area (Å²) in [5.74, 6) is 2.00. The van der Waals surface area contributed by atoms with Crippen LogP contribution in [0.25, 0.3) is 0 Å². The molecule has 0 amide bonds. The Morgan fingerprint density at radius 2 is 0.602 bits per heavy atom. The smallest absolute Gasteiger partial charge is 0.0837 e. The molecule has 98 heavy (non-hydrogen) atoms. The predicted molar refractivity (Wildman–Crippen MR) is 398 cm³/mol. The molecule has 6 unspecified atom stereocenters. The molecule has 0 bridgehead atoms. The topological polar surface area (TPSA) is 150 Å². The Morgan fingerprint density at radius 1 is 0.337 bits per heavy atom. The second kappa shape index (κ2) is 35.9. The minimum atomic E-state index is -0.450. The number of aliphatic hydroxyl groups excluding tert-OH is 6. The average Bonchev–Trinajstić information content (AvgIpc) is 1.66. The number of aliphatic hydroxyl groups is 6. The number of morpholine rings is 1. The minimum Gasteiger partial charge on any atom is -0.388 e. The molecule has 6 aromatic carbocycles. The van der Waals surface area contributed by atoms with Crippen molar-refractivity contribution in [3.05, 3.63) is 208 Å². The van der Waals surface area contributed by atoms with E-state index in [0.717, 1.165) is 162 Å². The van der Waals surface area contributed by atoms with E-state index in [0.29, 0.717) is 43.8 Å². The Kier molecular flexibility index (Phi) is 27.5. The van der Waals surface area contributed by atoms with Gasteiger partial charge in [-0.3, -0.25) is 4.90 Å². The Balaban J connectivity index is 0.000000119. The summed E-state index contributed by atoms with van der Waals surface area (Å²) >= 11 is 24.3. The highest BCUT2D eigenvalue weighted by Crippen LogP contribution is 2.45. The van der Waals surface area contributed by atoms with Crippen molar-refractivity contribution in [2.75, 3.05) is 133 Å². The maximum Gasteiger partial charge on any atom is 0.0837 e. The lowest BCUT2D eigenvalue weighted by Crippen LogP contribution is -2.40. The second-order valence-electron chi connectivity index (χ2n) is 30.0. The van der Waals surface area contributed by atoms with Crippen LogP contribution in [0.5, 0.6) is 0 Å². The van der Waals surface area contributed by atoms with Crippen LogP contribution in [-0.4, -0.2) is 193 Å². The Labute approximate surface area is 604 Å². The Morgan fingerprint density at radius 3 is 0.949 bits per heavy atom. The van der Waals surface area contributed by atoms with Crippen LogP contribution in [-0.2, 0) is 43.3 Å². The van der Waals surface area contributed by atoms with Crippen LogP contribution in [0.4, 0.5) is 0 Å². The summed E-state index contributed by atoms with van der Waals surface area (Å²) in [6.45, 7) is 16.7. The van der Waals surface area contributed by atoms with Gasteiger partial charge in [-0.1, -0.05) is 150 Å². The Bertz CT molecular complexity index is 3430. The van der Waals surface area contributed by atoms with Crippen molar-refractivity contribution in [1.29, 1.82) is 0 Å². The van der Waals surface area contributed by atoms with Crippen molar-refractivity contribution < 1.29 is 35.4 Å². The van der Waals surface area contributed by atoms with Crippen molar-refractivity contribution in [2.24, 2.45) is 35.5 Å². The highest BCUT2D eigenvalue weighted by atomic mass is 35.5. The summed E-state index contributed by atoms with van der Waals surface area (Å²) in [5.41, 5.74) is 13.8. The summed E-state index contributed by atoms with van der Waals surface area (Å²) in [7, 11) is 8.11. The zero-order chi connectivity index (χ0) is 69.0. The fourth-order valence-corrected chi connectivity index (χ4v) is 18.4. The summed E-state index contributed by atoms with van der Waals surface area (Å²) < 4.78 is 5.35. The van der Waals surface area contributed by atoms with Crippen molar-refractivity contribution in [3.63, 3.8) is 0 Å². The summed E-state index contributed by atoms with van der Waals surface area (Å²) in [4.78, 5) is 14.1. The molecule has 4 aliphatic heterocycles. The maximum atomic E-state index is 10.4. The third-order valence-corrected chi connectivity index (χ3v) is 23.3. The number of benzene rings is 6. The number of ether oxygens (including phenoxy) is 1. The lowest BCUT2D eigenvalue weighted by atomic mass is 10.0. The molecule has 13 nitrogen and oxygen atoms in total. The quantitative estimate of drug-likeness (QED) is 0.0691. The molecular formula is C81H108Cl4N6O7. The summed E-state index contributed by atoms with van der Waals surface area (Å²) in [5, 5.41) is 64.2. The van der Waals surface area contributed by atoms with E-state index in [4.69, 9.17) is 51.1 Å². The summed E-state index contributed by atoms with van der Waals surface area (Å²) in [6, 6.07) is 40.3. The molecule has 16 rings (SSSR count). The van der Waals surface area contributed by atoms with E-state index in [1.54, 1.807) is 12.1 Å². The number of hydrogen-bond donors (Lipinski definition) is 6. The predicted octanol–water partition coefficient (Wildman–Crippen LogP) is 13.1. The van der Waals surface area contributed by atoms with Gasteiger partial charge >= 0.3 is 0 Å². The number of rotatable bonds is 12. The number of piperidine rings is 1. The first-order valence-corrected chi connectivity index (χ1v) is 38.0. The maximum absolute atomic E-state index is 10.4. The SMILES string of the molecule is CN(C)C[C@H]1Cc2c(Cl)cc(Cl)cc2C1O.CN(C)C[C@H]1Cc2ccccc2C1O.OC1c2cc(Cl)cc(Cl)c2C[C@@H]1CN1CCCC1.OC1c2ccccc2C[C@@H]1CN1CCCC1.OC1c2ccccc2C[C@@H]1CN1CCCCC1.OC1c2ccccc2C[C@@H]1CN1CCOCC1. The first-order chi connectivity index (χ1) is 47.3. The lowest BCUT2D eigenvalue weighted by molar-refractivity contribution is 0.0155. The number of likely N-dealkylation sites (tertiary alicyclic amines) is 3. The number of nitrogens with zero attached hydrogens (tertiary/aromatic N) is 6. The van der Waals surface area contributed by atoms with Gasteiger partial charge < -0.3 is 59.9 Å². The van der Waals surface area contributed by atoms with E-state index in [1.165, 1.54) is 93.4 Å². The van der Waals surface area contributed by atoms with Crippen LogP contribution >= 0.6 is 46.4 Å². The van der Waals surface area contributed by atoms with Gasteiger partial charge in [-0.05, 0) is 236 Å². The van der Waals surface area contributed by atoms with Gasteiger partial charge in [0.05, 0.1) is 49.8 Å². The van der Waals surface area contributed by atoms with Gasteiger partial charge in [0.1, 0.15) is 0 Å². The molecule has 10 aliphatic rings. The largest absolute Gasteiger partial charge is 0.388 e. The fourth-order valence-electron chi connectivity index (χ4n) is 17.2. The minimum absolute atomic E-state index is 0.209. The zero-order valence-electron chi connectivity index (χ0n) is 58.3. The molecule has 12 atom stereocenters. The third kappa shape index (κ3) is 19.4. The van der Waals surface area contributed by atoms with Crippen LogP contribution in [0.1, 0.15) is 148 Å². The molecule has 0 spiro atoms. The van der Waals surface area contributed by atoms with Crippen molar-refractivity contribution in [3.8, 4) is 0 Å². The van der Waals surface area contributed by atoms with Gasteiger partial charge in [-0.25, -0.2) is 0 Å². The first-order valence-electron chi connectivity index (χ1n) is 36.5. The standard InChI is InChI=1S/C15H21NO.C14H17Cl2NO.C14H19NO2.C14H19NO.C12H15Cl2NO.C12H17NO/c17-15-13(11-16-8-4-1-5-9-16)10-12-6-2-3-7-14(12)15;15-10-6-12-11(13(16)7-10)5-9(14(12)18)8-17-3-1-2-4-17;16-14-12(10-15-5-7-17-8-6-15)9-11-3-1-2-4-13(11)14;16-14-12(10-15-7-3-4-8-15)9-11-5-1-2-6-13(11)14;1-15(2)6-7-3-9-10(12(7)16)4-8(13)5-11(9)14;1-13(2)8-10-7-9-5-3-4-6-11(9)12(10)14/h2-3,6-7,13,15,17H,1,4-5,8-11H2;6-7,9,14,18H,1-5,8H2;1-4,12,14,16H,5-10H2;1-2,5-6,12,14,16H,3-4,7-10H2;4-5,7,12,16H,3,6H2,1-2H3;3-6,10,12,14H,7-8H2,1-2H3/t13-,15?;9-,14?;2*12-,14?;7-,12?;10-,12?/m111111/s1. The van der Waals surface area contributed by atoms with Crippen molar-refractivity contribution in [1.82, 2.24) is 29.4 Å². The zero-order valence-corrected chi connectivity index (χ0v) is 61.3. The molecule has 6 aromatic rings. The van der Waals surface area contributed by atoms with E-state index in [2.05, 4.69) is 104 Å². The molecule has 4 saturated heterocycles. The number of halogens is 4. The Hall–Kier alpha value is -4.04. The molecule has 6 N–H and O–H groups in total. The normalized spacial score (nSPS) is 27.6. The van der Waals surface area contributed by atoms with E-state index < -0.39 is 12.2 Å². The van der Waals surface area contributed by atoms with E-state index in [1.807, 2.05) is 62.6 Å². The van der Waals surface area contributed by atoms with Crippen molar-refractivity contribution in [2.45, 2.75) is 120 Å². The van der Waals surface area contributed by atoms with Crippen LogP contribution in [0.2, 0.25) is 20.1 Å². The third-order valence-electron chi connectivity index (χ3n) is 22.2. The highest BCUT2D eigenvalue weighted by molar-refractivity contribution is 6.35. The van der Waals surface area contributed by atoms with Gasteiger partial charge in [0.2, 0.25) is 0 Å². The van der Waals surface area contributed by atoms with E-state index >= 15 is 0 Å². The van der Waals surface area contributed by atoms with E-state index in [9.17, 15) is 30.6 Å². The van der Waals surface area contributed by atoms with Gasteiger partial charge in [0.25, 0.3) is 0 Å². The molecular weight excluding hydrogens is 1310 g/mol. The molecule has 0 saturated carbocycles. The van der Waals surface area contributed by atoms with Gasteiger partial charge in [0, 0.05) is 108 Å². The lowest BCUT2D eigenvalue weighted by Gasteiger charge is -2.30. The molecule has 4 fully saturated rings. The highest BCUT2D eigenvalue weighted by Gasteiger charge is 2.38. The molecule has 0 radical (unpaired) electrons. The number of hydrogen-bond acceptors (Lipinski definition) is 13. The monoisotopic (exact) mass is 1420 g/mol. The van der Waals surface area contributed by atoms with Crippen LogP contribution in [0.15, 0.2) is 121 Å². The fraction of sp³-hybridized carbons (Fsp3) is 0.556. The molecule has 532 valence electrons. The van der Waals surface area contributed by atoms with E-state index in [-0.39, 0.29) is 36.3 Å². The number of fused-ring (bicyclic) bond motifs is 6. The van der Waals surface area contributed by atoms with Crippen molar-refractivity contribution >= 4 is 46.4 Å². The van der Waals surface area contributed by atoms with Gasteiger partial charge in [0.15, 0.2) is 0 Å². The summed E-state index contributed by atoms with van der Waals surface area (Å²) in [6.07, 6.45) is 13.2. The second-order valence-corrected chi connectivity index (χ2v) is 31.7.